The van der Waals surface area contributed by atoms with Crippen molar-refractivity contribution in [3.05, 3.63) is 0 Å². The van der Waals surface area contributed by atoms with Crippen LogP contribution < -0.4 is 0 Å². The van der Waals surface area contributed by atoms with Gasteiger partial charge in [0.25, 0.3) is 0 Å². The van der Waals surface area contributed by atoms with Gasteiger partial charge in [0.1, 0.15) is 5.38 Å². The molecule has 0 rings (SSSR count). The second-order valence-electron chi connectivity index (χ2n) is 2.62. The SMILES string of the molecule is CCCN(CCO)CC(Cl)C#N. The molecule has 70 valence electrons. The van der Waals surface area contributed by atoms with Crippen molar-refractivity contribution in [2.75, 3.05) is 26.2 Å². The van der Waals surface area contributed by atoms with E-state index in [4.69, 9.17) is 22.0 Å². The molecule has 0 aliphatic carbocycles. The smallest absolute Gasteiger partial charge is 0.133 e. The van der Waals surface area contributed by atoms with Crippen molar-refractivity contribution in [3.8, 4) is 6.07 Å². The molecule has 0 spiro atoms. The summed E-state index contributed by atoms with van der Waals surface area (Å²) in [6, 6.07) is 1.95. The van der Waals surface area contributed by atoms with Gasteiger partial charge in [-0.05, 0) is 13.0 Å². The quantitative estimate of drug-likeness (QED) is 0.631. The minimum atomic E-state index is -0.469. The van der Waals surface area contributed by atoms with Crippen molar-refractivity contribution >= 4 is 11.6 Å². The number of aliphatic hydroxyl groups excluding tert-OH is 1. The fourth-order valence-electron chi connectivity index (χ4n) is 1.02. The molecule has 0 bridgehead atoms. The van der Waals surface area contributed by atoms with Gasteiger partial charge in [-0.3, -0.25) is 4.90 Å². The summed E-state index contributed by atoms with van der Waals surface area (Å²) in [6.07, 6.45) is 1.01. The lowest BCUT2D eigenvalue weighted by Gasteiger charge is -2.20. The normalized spacial score (nSPS) is 12.9. The number of hydrogen-bond acceptors (Lipinski definition) is 3. The minimum Gasteiger partial charge on any atom is -0.395 e. The summed E-state index contributed by atoms with van der Waals surface area (Å²) >= 11 is 5.65. The summed E-state index contributed by atoms with van der Waals surface area (Å²) in [5.74, 6) is 0. The van der Waals surface area contributed by atoms with E-state index in [1.54, 1.807) is 0 Å². The number of alkyl halides is 1. The van der Waals surface area contributed by atoms with Gasteiger partial charge in [-0.2, -0.15) is 5.26 Å². The molecule has 0 saturated heterocycles. The van der Waals surface area contributed by atoms with Crippen LogP contribution in [-0.4, -0.2) is 41.6 Å². The Labute approximate surface area is 78.5 Å². The second-order valence-corrected chi connectivity index (χ2v) is 3.15. The summed E-state index contributed by atoms with van der Waals surface area (Å²) in [4.78, 5) is 1.99. The van der Waals surface area contributed by atoms with Crippen LogP contribution in [0.1, 0.15) is 13.3 Å². The third-order valence-electron chi connectivity index (χ3n) is 1.51. The van der Waals surface area contributed by atoms with Gasteiger partial charge in [-0.1, -0.05) is 6.92 Å². The first-order valence-electron chi connectivity index (χ1n) is 4.11. The fraction of sp³-hybridized carbons (Fsp3) is 0.875. The first-order valence-corrected chi connectivity index (χ1v) is 4.55. The fourth-order valence-corrected chi connectivity index (χ4v) is 1.21. The monoisotopic (exact) mass is 190 g/mol. The third kappa shape index (κ3) is 5.36. The lowest BCUT2D eigenvalue weighted by atomic mass is 10.3. The predicted molar refractivity (Wildman–Crippen MR) is 49.1 cm³/mol. The Hall–Kier alpha value is -0.300. The van der Waals surface area contributed by atoms with E-state index in [2.05, 4.69) is 6.92 Å². The number of nitrogens with zero attached hydrogens (tertiary/aromatic N) is 2. The Morgan fingerprint density at radius 1 is 1.58 bits per heavy atom. The summed E-state index contributed by atoms with van der Waals surface area (Å²) in [7, 11) is 0. The zero-order chi connectivity index (χ0) is 9.40. The van der Waals surface area contributed by atoms with Crippen LogP contribution in [0.25, 0.3) is 0 Å². The van der Waals surface area contributed by atoms with Gasteiger partial charge in [-0.25, -0.2) is 0 Å². The van der Waals surface area contributed by atoms with Crippen molar-refractivity contribution in [2.45, 2.75) is 18.7 Å². The predicted octanol–water partition coefficient (Wildman–Crippen LogP) is 0.822. The molecule has 4 heteroatoms. The van der Waals surface area contributed by atoms with Gasteiger partial charge in [0, 0.05) is 13.1 Å². The van der Waals surface area contributed by atoms with Crippen LogP contribution in [0.5, 0.6) is 0 Å². The summed E-state index contributed by atoms with van der Waals surface area (Å²) in [5.41, 5.74) is 0. The van der Waals surface area contributed by atoms with Gasteiger partial charge in [0.15, 0.2) is 0 Å². The molecular weight excluding hydrogens is 176 g/mol. The largest absolute Gasteiger partial charge is 0.395 e. The van der Waals surface area contributed by atoms with Crippen LogP contribution in [0.4, 0.5) is 0 Å². The molecule has 1 atom stereocenters. The molecule has 3 nitrogen and oxygen atoms in total. The molecule has 0 aromatic carbocycles. The van der Waals surface area contributed by atoms with Gasteiger partial charge in [0.2, 0.25) is 0 Å². The Morgan fingerprint density at radius 2 is 2.25 bits per heavy atom. The van der Waals surface area contributed by atoms with Crippen LogP contribution in [0.2, 0.25) is 0 Å². The first kappa shape index (κ1) is 11.7. The van der Waals surface area contributed by atoms with Crippen LogP contribution >= 0.6 is 11.6 Å². The van der Waals surface area contributed by atoms with Crippen LogP contribution in [0.3, 0.4) is 0 Å². The molecule has 0 saturated carbocycles. The van der Waals surface area contributed by atoms with E-state index >= 15 is 0 Å². The molecule has 1 N–H and O–H groups in total. The van der Waals surface area contributed by atoms with E-state index in [1.807, 2.05) is 11.0 Å². The lowest BCUT2D eigenvalue weighted by molar-refractivity contribution is 0.199. The summed E-state index contributed by atoms with van der Waals surface area (Å²) in [5, 5.41) is 16.7. The average Bonchev–Trinajstić information content (AvgIpc) is 2.05. The van der Waals surface area contributed by atoms with Crippen molar-refractivity contribution in [2.24, 2.45) is 0 Å². The highest BCUT2D eigenvalue weighted by Crippen LogP contribution is 1.99. The van der Waals surface area contributed by atoms with Crippen LogP contribution in [-0.2, 0) is 0 Å². The zero-order valence-electron chi connectivity index (χ0n) is 7.33. The van der Waals surface area contributed by atoms with E-state index in [0.29, 0.717) is 13.1 Å². The molecule has 0 heterocycles. The van der Waals surface area contributed by atoms with E-state index < -0.39 is 5.38 Å². The molecule has 0 amide bonds. The molecule has 12 heavy (non-hydrogen) atoms. The van der Waals surface area contributed by atoms with Gasteiger partial charge >= 0.3 is 0 Å². The second kappa shape index (κ2) is 7.35. The van der Waals surface area contributed by atoms with Gasteiger partial charge in [-0.15, -0.1) is 11.6 Å². The molecule has 0 aromatic heterocycles. The zero-order valence-corrected chi connectivity index (χ0v) is 8.09. The Kier molecular flexibility index (Phi) is 7.17. The van der Waals surface area contributed by atoms with Crippen molar-refractivity contribution in [1.29, 1.82) is 5.26 Å². The topological polar surface area (TPSA) is 47.3 Å². The minimum absolute atomic E-state index is 0.120. The molecule has 0 aromatic rings. The molecular formula is C8H15ClN2O. The highest BCUT2D eigenvalue weighted by atomic mass is 35.5. The molecule has 0 radical (unpaired) electrons. The van der Waals surface area contributed by atoms with Crippen LogP contribution in [0.15, 0.2) is 0 Å². The Bertz CT molecular complexity index is 140. The van der Waals surface area contributed by atoms with Gasteiger partial charge in [0.05, 0.1) is 12.7 Å². The number of halogens is 1. The van der Waals surface area contributed by atoms with Crippen molar-refractivity contribution in [3.63, 3.8) is 0 Å². The van der Waals surface area contributed by atoms with E-state index in [0.717, 1.165) is 13.0 Å². The molecule has 0 aliphatic heterocycles. The average molecular weight is 191 g/mol. The molecule has 1 unspecified atom stereocenters. The van der Waals surface area contributed by atoms with E-state index in [1.165, 1.54) is 0 Å². The van der Waals surface area contributed by atoms with Crippen molar-refractivity contribution in [1.82, 2.24) is 4.90 Å². The standard InChI is InChI=1S/C8H15ClN2O/c1-2-3-11(4-5-12)7-8(9)6-10/h8,12H,2-5,7H2,1H3. The van der Waals surface area contributed by atoms with E-state index in [9.17, 15) is 0 Å². The number of aliphatic hydroxyl groups is 1. The highest BCUT2D eigenvalue weighted by Gasteiger charge is 2.08. The van der Waals surface area contributed by atoms with Crippen LogP contribution in [0, 0.1) is 11.3 Å². The third-order valence-corrected chi connectivity index (χ3v) is 1.75. The highest BCUT2D eigenvalue weighted by molar-refractivity contribution is 6.22. The van der Waals surface area contributed by atoms with Crippen molar-refractivity contribution < 1.29 is 5.11 Å². The molecule has 0 fully saturated rings. The summed E-state index contributed by atoms with van der Waals surface area (Å²) in [6.45, 7) is 4.19. The number of nitriles is 1. The van der Waals surface area contributed by atoms with Gasteiger partial charge < -0.3 is 5.11 Å². The lowest BCUT2D eigenvalue weighted by Crippen LogP contribution is -2.32. The number of rotatable bonds is 6. The maximum atomic E-state index is 8.68. The first-order chi connectivity index (χ1) is 5.74. The summed E-state index contributed by atoms with van der Waals surface area (Å²) < 4.78 is 0. The van der Waals surface area contributed by atoms with E-state index in [-0.39, 0.29) is 6.61 Å². The number of hydrogen-bond donors (Lipinski definition) is 1. The Balaban J connectivity index is 3.70. The maximum absolute atomic E-state index is 8.68. The molecule has 0 aliphatic rings. The Morgan fingerprint density at radius 3 is 2.67 bits per heavy atom. The maximum Gasteiger partial charge on any atom is 0.133 e.